The average Bonchev–Trinajstić information content (AvgIpc) is 3.49. The van der Waals surface area contributed by atoms with Crippen LogP contribution in [0.15, 0.2) is 70.8 Å². The second kappa shape index (κ2) is 14.3. The molecule has 0 atom stereocenters. The molecule has 0 unspecified atom stereocenters. The van der Waals surface area contributed by atoms with E-state index >= 15 is 4.39 Å². The second-order valence-corrected chi connectivity index (χ2v) is 16.8. The molecule has 1 aliphatic heterocycles. The molecular weight excluding hydrogens is 697 g/mol. The molecule has 1 fully saturated rings. The van der Waals surface area contributed by atoms with Gasteiger partial charge in [0.25, 0.3) is 0 Å². The third kappa shape index (κ3) is 7.27. The molecule has 48 heavy (non-hydrogen) atoms. The molecule has 1 aromatic heterocycles. The van der Waals surface area contributed by atoms with E-state index in [-0.39, 0.29) is 27.1 Å². The summed E-state index contributed by atoms with van der Waals surface area (Å²) < 4.78 is 66.3. The zero-order chi connectivity index (χ0) is 35.0. The topological polar surface area (TPSA) is 64.4 Å². The van der Waals surface area contributed by atoms with E-state index in [9.17, 15) is 12.8 Å². The van der Waals surface area contributed by atoms with Gasteiger partial charge in [0.05, 0.1) is 55.6 Å². The first kappa shape index (κ1) is 36.6. The van der Waals surface area contributed by atoms with Gasteiger partial charge in [0.2, 0.25) is 10.0 Å². The van der Waals surface area contributed by atoms with Crippen LogP contribution in [0.25, 0.3) is 5.69 Å². The Morgan fingerprint density at radius 3 is 2.29 bits per heavy atom. The molecule has 4 aromatic rings. The second-order valence-electron chi connectivity index (χ2n) is 13.1. The van der Waals surface area contributed by atoms with Crippen molar-refractivity contribution < 1.29 is 26.4 Å². The van der Waals surface area contributed by atoms with E-state index in [1.807, 2.05) is 30.5 Å². The highest BCUT2D eigenvalue weighted by molar-refractivity contribution is 7.98. The normalized spacial score (nSPS) is 15.2. The highest BCUT2D eigenvalue weighted by atomic mass is 35.5. The molecule has 0 N–H and O–H groups in total. The number of ether oxygens (including phenoxy) is 1. The molecule has 0 bridgehead atoms. The highest BCUT2D eigenvalue weighted by Crippen LogP contribution is 2.40. The number of benzene rings is 3. The molecular formula is C35H41Cl2F2N4O3S2+. The molecule has 0 saturated carbocycles. The predicted octanol–water partition coefficient (Wildman–Crippen LogP) is 8.33. The van der Waals surface area contributed by atoms with Gasteiger partial charge in [-0.15, -0.1) is 0 Å². The van der Waals surface area contributed by atoms with Crippen molar-refractivity contribution in [3.63, 3.8) is 0 Å². The molecule has 2 heterocycles. The van der Waals surface area contributed by atoms with E-state index in [1.165, 1.54) is 34.3 Å². The number of thioether (sulfide) groups is 1. The Hall–Kier alpha value is -2.67. The summed E-state index contributed by atoms with van der Waals surface area (Å²) in [6.07, 6.45) is 3.20. The zero-order valence-corrected chi connectivity index (χ0v) is 31.1. The summed E-state index contributed by atoms with van der Waals surface area (Å²) in [6.45, 7) is 7.89. The Labute approximate surface area is 296 Å². The van der Waals surface area contributed by atoms with Gasteiger partial charge in [0.15, 0.2) is 5.16 Å². The minimum atomic E-state index is -3.93. The van der Waals surface area contributed by atoms with Crippen molar-refractivity contribution in [2.75, 3.05) is 40.8 Å². The number of quaternary nitrogens is 1. The van der Waals surface area contributed by atoms with Crippen LogP contribution in [0.4, 0.5) is 8.78 Å². The van der Waals surface area contributed by atoms with Crippen molar-refractivity contribution in [3.8, 4) is 11.4 Å². The summed E-state index contributed by atoms with van der Waals surface area (Å²) in [6, 6.07) is 14.4. The van der Waals surface area contributed by atoms with Crippen LogP contribution in [0.2, 0.25) is 10.0 Å². The average molecular weight is 739 g/mol. The van der Waals surface area contributed by atoms with Crippen LogP contribution in [-0.2, 0) is 21.2 Å². The molecule has 1 aliphatic rings. The fourth-order valence-corrected chi connectivity index (χ4v) is 9.25. The molecule has 7 nitrogen and oxygen atoms in total. The Morgan fingerprint density at radius 2 is 1.69 bits per heavy atom. The fourth-order valence-electron chi connectivity index (χ4n) is 6.11. The monoisotopic (exact) mass is 737 g/mol. The number of rotatable bonds is 11. The summed E-state index contributed by atoms with van der Waals surface area (Å²) in [5.41, 5.74) is 1.92. The summed E-state index contributed by atoms with van der Waals surface area (Å²) in [4.78, 5) is 4.54. The molecule has 0 spiro atoms. The third-order valence-corrected chi connectivity index (χ3v) is 13.2. The van der Waals surface area contributed by atoms with Crippen molar-refractivity contribution in [1.29, 1.82) is 0 Å². The molecule has 258 valence electrons. The number of hydrogen-bond acceptors (Lipinski definition) is 5. The Balaban J connectivity index is 1.43. The molecule has 0 aliphatic carbocycles. The predicted molar refractivity (Wildman–Crippen MR) is 189 cm³/mol. The summed E-state index contributed by atoms with van der Waals surface area (Å²) in [5.74, 6) is -0.480. The Kier molecular flexibility index (Phi) is 10.9. The smallest absolute Gasteiger partial charge is 0.243 e. The fraction of sp³-hybridized carbons (Fsp3) is 0.400. The highest BCUT2D eigenvalue weighted by Gasteiger charge is 2.36. The maximum Gasteiger partial charge on any atom is 0.243 e. The molecule has 0 amide bonds. The van der Waals surface area contributed by atoms with E-state index in [2.05, 4.69) is 21.0 Å². The first-order valence-electron chi connectivity index (χ1n) is 15.7. The molecule has 0 radical (unpaired) electrons. The van der Waals surface area contributed by atoms with Crippen molar-refractivity contribution in [1.82, 2.24) is 13.9 Å². The van der Waals surface area contributed by atoms with Crippen LogP contribution >= 0.6 is 35.0 Å². The van der Waals surface area contributed by atoms with E-state index in [1.54, 1.807) is 31.5 Å². The lowest BCUT2D eigenvalue weighted by Crippen LogP contribution is -2.54. The lowest BCUT2D eigenvalue weighted by Gasteiger charge is -2.41. The van der Waals surface area contributed by atoms with E-state index in [0.29, 0.717) is 40.7 Å². The first-order valence-corrected chi connectivity index (χ1v) is 18.9. The van der Waals surface area contributed by atoms with Gasteiger partial charge in [-0.1, -0.05) is 54.9 Å². The standard InChI is InChI=1S/C35H41Cl2F2N4O3S2/c1-7-43(4,5)26-14-16-41(17-15-26)48(44,45)27-19-30(37)28(31(39)20-27)22-47-34-40-21-33(42(34)25-11-9-24(38)10-12-25)35(2,3)23-8-13-29(36)32(18-23)46-6/h8-13,18-21,26H,7,14-17,22H2,1-6H3/q+1. The van der Waals surface area contributed by atoms with E-state index in [0.717, 1.165) is 41.2 Å². The van der Waals surface area contributed by atoms with Gasteiger partial charge in [0, 0.05) is 53.4 Å². The SMILES string of the molecule is CC[N+](C)(C)C1CCN(S(=O)(=O)c2cc(F)c(CSc3ncc(C(C)(C)c4ccc(Cl)c(OC)c4)n3-c3ccc(F)cc3)c(Cl)c2)CC1. The van der Waals surface area contributed by atoms with Crippen LogP contribution in [0.5, 0.6) is 5.75 Å². The van der Waals surface area contributed by atoms with Crippen molar-refractivity contribution in [3.05, 3.63) is 99.3 Å². The van der Waals surface area contributed by atoms with E-state index in [4.69, 9.17) is 32.9 Å². The Morgan fingerprint density at radius 1 is 1.02 bits per heavy atom. The number of aromatic nitrogens is 2. The molecule has 13 heteroatoms. The summed E-state index contributed by atoms with van der Waals surface area (Å²) in [7, 11) is 1.94. The van der Waals surface area contributed by atoms with E-state index < -0.39 is 21.3 Å². The molecule has 3 aromatic carbocycles. The van der Waals surface area contributed by atoms with Gasteiger partial charge < -0.3 is 9.22 Å². The number of halogens is 4. The molecule has 5 rings (SSSR count). The van der Waals surface area contributed by atoms with Crippen LogP contribution in [0, 0.1) is 11.6 Å². The number of nitrogens with zero attached hydrogens (tertiary/aromatic N) is 4. The number of sulfonamides is 1. The lowest BCUT2D eigenvalue weighted by atomic mass is 9.81. The minimum Gasteiger partial charge on any atom is -0.495 e. The van der Waals surface area contributed by atoms with Crippen molar-refractivity contribution in [2.45, 2.75) is 60.9 Å². The maximum atomic E-state index is 15.7. The minimum absolute atomic E-state index is 0.0217. The van der Waals surface area contributed by atoms with Gasteiger partial charge in [0.1, 0.15) is 17.4 Å². The largest absolute Gasteiger partial charge is 0.495 e. The third-order valence-electron chi connectivity index (χ3n) is 9.65. The van der Waals surface area contributed by atoms with Crippen LogP contribution in [-0.4, -0.2) is 73.6 Å². The first-order chi connectivity index (χ1) is 22.6. The number of methoxy groups -OCH3 is 1. The lowest BCUT2D eigenvalue weighted by molar-refractivity contribution is -0.914. The summed E-state index contributed by atoms with van der Waals surface area (Å²) >= 11 is 14.1. The van der Waals surface area contributed by atoms with Crippen LogP contribution < -0.4 is 4.74 Å². The van der Waals surface area contributed by atoms with Gasteiger partial charge in [-0.05, 0) is 61.0 Å². The number of hydrogen-bond donors (Lipinski definition) is 0. The van der Waals surface area contributed by atoms with Crippen molar-refractivity contribution >= 4 is 45.0 Å². The quantitative estimate of drug-likeness (QED) is 0.114. The number of imidazole rings is 1. The van der Waals surface area contributed by atoms with Crippen molar-refractivity contribution in [2.24, 2.45) is 0 Å². The zero-order valence-electron chi connectivity index (χ0n) is 27.9. The van der Waals surface area contributed by atoms with Gasteiger partial charge in [-0.25, -0.2) is 22.2 Å². The Bertz CT molecular complexity index is 1870. The van der Waals surface area contributed by atoms with Gasteiger partial charge in [-0.2, -0.15) is 4.31 Å². The van der Waals surface area contributed by atoms with Crippen LogP contribution in [0.1, 0.15) is 50.4 Å². The maximum absolute atomic E-state index is 15.7. The molecule has 1 saturated heterocycles. The van der Waals surface area contributed by atoms with Gasteiger partial charge in [-0.3, -0.25) is 4.57 Å². The summed E-state index contributed by atoms with van der Waals surface area (Å²) in [5, 5.41) is 1.03. The number of piperidine rings is 1. The van der Waals surface area contributed by atoms with Crippen LogP contribution in [0.3, 0.4) is 0 Å². The van der Waals surface area contributed by atoms with Gasteiger partial charge >= 0.3 is 0 Å².